The molecule has 0 saturated carbocycles. The standard InChI is InChI=1S/C15H23F2NO6/c1-5-22-13(21)23-11(19)8-10-6-7-18(9-15(10,16)17)12(20)24-14(2,3)4/h10H,5-9H2,1-4H3. The highest BCUT2D eigenvalue weighted by atomic mass is 19.3. The van der Waals surface area contributed by atoms with Crippen LogP contribution in [0.15, 0.2) is 0 Å². The Morgan fingerprint density at radius 3 is 2.38 bits per heavy atom. The molecule has 1 saturated heterocycles. The molecule has 0 aromatic heterocycles. The summed E-state index contributed by atoms with van der Waals surface area (Å²) in [6.07, 6.45) is -2.77. The number of piperidine rings is 1. The van der Waals surface area contributed by atoms with Gasteiger partial charge in [-0.2, -0.15) is 0 Å². The number of rotatable bonds is 3. The summed E-state index contributed by atoms with van der Waals surface area (Å²) >= 11 is 0. The van der Waals surface area contributed by atoms with Gasteiger partial charge in [0.05, 0.1) is 19.6 Å². The minimum Gasteiger partial charge on any atom is -0.444 e. The van der Waals surface area contributed by atoms with E-state index in [0.717, 1.165) is 4.90 Å². The second kappa shape index (κ2) is 7.76. The maximum Gasteiger partial charge on any atom is 0.516 e. The number of ether oxygens (including phenoxy) is 3. The minimum absolute atomic E-state index is 0.0105. The van der Waals surface area contributed by atoms with Crippen molar-refractivity contribution >= 4 is 18.2 Å². The fourth-order valence-corrected chi connectivity index (χ4v) is 2.20. The van der Waals surface area contributed by atoms with Gasteiger partial charge in [0.2, 0.25) is 0 Å². The molecule has 1 fully saturated rings. The first-order chi connectivity index (χ1) is 10.9. The van der Waals surface area contributed by atoms with E-state index in [9.17, 15) is 23.2 Å². The number of carbonyl (C=O) groups is 3. The fourth-order valence-electron chi connectivity index (χ4n) is 2.20. The van der Waals surface area contributed by atoms with E-state index < -0.39 is 48.6 Å². The van der Waals surface area contributed by atoms with Crippen LogP contribution in [0.4, 0.5) is 18.4 Å². The fraction of sp³-hybridized carbons (Fsp3) is 0.800. The number of carbonyl (C=O) groups excluding carboxylic acids is 3. The smallest absolute Gasteiger partial charge is 0.444 e. The maximum atomic E-state index is 14.2. The number of esters is 1. The SMILES string of the molecule is CCOC(=O)OC(=O)CC1CCN(C(=O)OC(C)(C)C)CC1(F)F. The Balaban J connectivity index is 2.59. The lowest BCUT2D eigenvalue weighted by molar-refractivity contribution is -0.151. The van der Waals surface area contributed by atoms with Crippen LogP contribution in [0.2, 0.25) is 0 Å². The molecule has 9 heteroatoms. The van der Waals surface area contributed by atoms with Crippen LogP contribution in [0.3, 0.4) is 0 Å². The lowest BCUT2D eigenvalue weighted by atomic mass is 9.90. The van der Waals surface area contributed by atoms with Gasteiger partial charge in [-0.15, -0.1) is 0 Å². The monoisotopic (exact) mass is 351 g/mol. The second-order valence-electron chi connectivity index (χ2n) is 6.51. The van der Waals surface area contributed by atoms with Gasteiger partial charge in [0.1, 0.15) is 5.60 Å². The summed E-state index contributed by atoms with van der Waals surface area (Å²) in [5.74, 6) is -5.69. The highest BCUT2D eigenvalue weighted by molar-refractivity contribution is 5.82. The highest BCUT2D eigenvalue weighted by Gasteiger charge is 2.47. The summed E-state index contributed by atoms with van der Waals surface area (Å²) < 4.78 is 42.1. The van der Waals surface area contributed by atoms with Crippen LogP contribution in [-0.2, 0) is 19.0 Å². The average Bonchev–Trinajstić information content (AvgIpc) is 2.38. The van der Waals surface area contributed by atoms with Gasteiger partial charge in [-0.05, 0) is 34.1 Å². The van der Waals surface area contributed by atoms with Crippen LogP contribution in [0.5, 0.6) is 0 Å². The zero-order valence-corrected chi connectivity index (χ0v) is 14.3. The number of hydrogen-bond acceptors (Lipinski definition) is 6. The summed E-state index contributed by atoms with van der Waals surface area (Å²) in [6, 6.07) is 0. The van der Waals surface area contributed by atoms with Gasteiger partial charge in [-0.25, -0.2) is 18.4 Å². The number of hydrogen-bond donors (Lipinski definition) is 0. The van der Waals surface area contributed by atoms with E-state index in [1.165, 1.54) is 6.92 Å². The van der Waals surface area contributed by atoms with E-state index in [1.807, 2.05) is 0 Å². The van der Waals surface area contributed by atoms with Gasteiger partial charge >= 0.3 is 18.2 Å². The molecule has 138 valence electrons. The highest BCUT2D eigenvalue weighted by Crippen LogP contribution is 2.35. The molecule has 0 N–H and O–H groups in total. The van der Waals surface area contributed by atoms with Crippen LogP contribution in [0.25, 0.3) is 0 Å². The number of nitrogens with zero attached hydrogens (tertiary/aromatic N) is 1. The maximum absolute atomic E-state index is 14.2. The number of amides is 1. The molecule has 0 aliphatic carbocycles. The number of alkyl halides is 2. The predicted molar refractivity (Wildman–Crippen MR) is 78.6 cm³/mol. The first-order valence-electron chi connectivity index (χ1n) is 7.68. The molecule has 1 aliphatic rings. The third-order valence-electron chi connectivity index (χ3n) is 3.27. The molecule has 1 aliphatic heterocycles. The lowest BCUT2D eigenvalue weighted by Crippen LogP contribution is -2.52. The van der Waals surface area contributed by atoms with Gasteiger partial charge in [-0.1, -0.05) is 0 Å². The van der Waals surface area contributed by atoms with Crippen molar-refractivity contribution in [3.05, 3.63) is 0 Å². The zero-order valence-electron chi connectivity index (χ0n) is 14.3. The van der Waals surface area contributed by atoms with E-state index >= 15 is 0 Å². The molecule has 1 heterocycles. The molecule has 1 atom stereocenters. The van der Waals surface area contributed by atoms with Gasteiger partial charge in [-0.3, -0.25) is 4.79 Å². The van der Waals surface area contributed by atoms with Gasteiger partial charge in [0.15, 0.2) is 0 Å². The zero-order chi connectivity index (χ0) is 18.5. The topological polar surface area (TPSA) is 82.1 Å². The Kier molecular flexibility index (Phi) is 6.50. The summed E-state index contributed by atoms with van der Waals surface area (Å²) in [5, 5.41) is 0. The first kappa shape index (κ1) is 20.1. The molecule has 0 bridgehead atoms. The van der Waals surface area contributed by atoms with E-state index in [0.29, 0.717) is 0 Å². The largest absolute Gasteiger partial charge is 0.516 e. The van der Waals surface area contributed by atoms with Crippen molar-refractivity contribution in [3.63, 3.8) is 0 Å². The van der Waals surface area contributed by atoms with Gasteiger partial charge in [0.25, 0.3) is 5.92 Å². The van der Waals surface area contributed by atoms with Crippen LogP contribution in [0, 0.1) is 5.92 Å². The average molecular weight is 351 g/mol. The third kappa shape index (κ3) is 6.29. The Morgan fingerprint density at radius 2 is 1.88 bits per heavy atom. The molecular weight excluding hydrogens is 328 g/mol. The van der Waals surface area contributed by atoms with Crippen LogP contribution in [0.1, 0.15) is 40.5 Å². The van der Waals surface area contributed by atoms with Crippen molar-refractivity contribution in [2.24, 2.45) is 5.92 Å². The summed E-state index contributed by atoms with van der Waals surface area (Å²) in [6.45, 7) is 5.63. The summed E-state index contributed by atoms with van der Waals surface area (Å²) in [5.41, 5.74) is -0.785. The van der Waals surface area contributed by atoms with Crippen LogP contribution >= 0.6 is 0 Å². The Bertz CT molecular complexity index is 489. The minimum atomic E-state index is -3.29. The van der Waals surface area contributed by atoms with Crippen molar-refractivity contribution in [2.75, 3.05) is 19.7 Å². The normalized spacial score (nSPS) is 20.2. The van der Waals surface area contributed by atoms with Crippen molar-refractivity contribution in [3.8, 4) is 0 Å². The van der Waals surface area contributed by atoms with Crippen molar-refractivity contribution in [2.45, 2.75) is 52.1 Å². The lowest BCUT2D eigenvalue weighted by Gasteiger charge is -2.38. The molecule has 0 aromatic carbocycles. The Labute approximate surface area is 139 Å². The molecular formula is C15H23F2NO6. The number of likely N-dealkylation sites (tertiary alicyclic amines) is 1. The first-order valence-corrected chi connectivity index (χ1v) is 7.68. The van der Waals surface area contributed by atoms with Crippen molar-refractivity contribution < 1.29 is 37.4 Å². The summed E-state index contributed by atoms with van der Waals surface area (Å²) in [7, 11) is 0. The molecule has 1 rings (SSSR count). The van der Waals surface area contributed by atoms with Crippen LogP contribution in [-0.4, -0.2) is 54.3 Å². The number of halogens is 2. The van der Waals surface area contributed by atoms with Crippen LogP contribution < -0.4 is 0 Å². The second-order valence-corrected chi connectivity index (χ2v) is 6.51. The van der Waals surface area contributed by atoms with E-state index in [-0.39, 0.29) is 19.6 Å². The molecule has 7 nitrogen and oxygen atoms in total. The molecule has 1 unspecified atom stereocenters. The van der Waals surface area contributed by atoms with Crippen molar-refractivity contribution in [1.82, 2.24) is 4.90 Å². The van der Waals surface area contributed by atoms with E-state index in [1.54, 1.807) is 20.8 Å². The van der Waals surface area contributed by atoms with Gasteiger partial charge < -0.3 is 19.1 Å². The predicted octanol–water partition coefficient (Wildman–Crippen LogP) is 2.97. The quantitative estimate of drug-likeness (QED) is 0.574. The third-order valence-corrected chi connectivity index (χ3v) is 3.27. The van der Waals surface area contributed by atoms with E-state index in [2.05, 4.69) is 9.47 Å². The molecule has 24 heavy (non-hydrogen) atoms. The molecule has 0 aromatic rings. The molecule has 1 amide bonds. The molecule has 0 spiro atoms. The summed E-state index contributed by atoms with van der Waals surface area (Å²) in [4.78, 5) is 35.3. The van der Waals surface area contributed by atoms with E-state index in [4.69, 9.17) is 4.74 Å². The Morgan fingerprint density at radius 1 is 1.25 bits per heavy atom. The Hall–Kier alpha value is -1.93. The molecule has 0 radical (unpaired) electrons. The van der Waals surface area contributed by atoms with Crippen molar-refractivity contribution in [1.29, 1.82) is 0 Å². The van der Waals surface area contributed by atoms with Gasteiger partial charge in [0, 0.05) is 12.5 Å².